The molecule has 2 N–H and O–H groups in total. The van der Waals surface area contributed by atoms with Gasteiger partial charge >= 0.3 is 0 Å². The Kier molecular flexibility index (Phi) is 2.96. The van der Waals surface area contributed by atoms with Crippen LogP contribution in [0.3, 0.4) is 0 Å². The van der Waals surface area contributed by atoms with Crippen molar-refractivity contribution in [1.29, 1.82) is 0 Å². The molecule has 0 aliphatic rings. The molecule has 1 rings (SSSR count). The maximum atomic E-state index is 10.8. The molecule has 0 saturated heterocycles. The Balaban J connectivity index is 3.58. The molecule has 7 heteroatoms. The highest BCUT2D eigenvalue weighted by atomic mass is 32.2. The summed E-state index contributed by atoms with van der Waals surface area (Å²) < 4.78 is 35.0. The summed E-state index contributed by atoms with van der Waals surface area (Å²) in [6, 6.07) is 2.00. The Labute approximate surface area is 85.9 Å². The van der Waals surface area contributed by atoms with Gasteiger partial charge in [0.25, 0.3) is 10.1 Å². The van der Waals surface area contributed by atoms with Gasteiger partial charge in [0.05, 0.1) is 7.11 Å². The lowest BCUT2D eigenvalue weighted by Crippen LogP contribution is -2.01. The van der Waals surface area contributed by atoms with Crippen LogP contribution in [-0.4, -0.2) is 31.5 Å². The molecule has 0 atom stereocenters. The van der Waals surface area contributed by atoms with Crippen molar-refractivity contribution in [2.75, 3.05) is 7.11 Å². The van der Waals surface area contributed by atoms with Crippen LogP contribution in [0.1, 0.15) is 10.4 Å². The van der Waals surface area contributed by atoms with Crippen molar-refractivity contribution in [3.8, 4) is 11.5 Å². The second kappa shape index (κ2) is 3.87. The van der Waals surface area contributed by atoms with Gasteiger partial charge in [-0.3, -0.25) is 9.35 Å². The minimum atomic E-state index is -4.59. The summed E-state index contributed by atoms with van der Waals surface area (Å²) in [4.78, 5) is 9.69. The summed E-state index contributed by atoms with van der Waals surface area (Å²) in [6.07, 6.45) is 0.372. The summed E-state index contributed by atoms with van der Waals surface area (Å²) >= 11 is 0. The number of benzene rings is 1. The monoisotopic (exact) mass is 232 g/mol. The van der Waals surface area contributed by atoms with Gasteiger partial charge in [-0.15, -0.1) is 0 Å². The molecule has 15 heavy (non-hydrogen) atoms. The van der Waals surface area contributed by atoms with Crippen LogP contribution in [0, 0.1) is 0 Å². The van der Waals surface area contributed by atoms with Crippen molar-refractivity contribution in [3.63, 3.8) is 0 Å². The molecular formula is C8H8O6S. The van der Waals surface area contributed by atoms with Gasteiger partial charge in [-0.1, -0.05) is 0 Å². The molecule has 1 aromatic carbocycles. The number of carbonyl (C=O) groups is 1. The highest BCUT2D eigenvalue weighted by molar-refractivity contribution is 7.86. The fourth-order valence-corrected chi connectivity index (χ4v) is 1.65. The molecule has 0 fully saturated rings. The summed E-state index contributed by atoms with van der Waals surface area (Å²) in [6.45, 7) is 0. The zero-order valence-corrected chi connectivity index (χ0v) is 8.48. The topological polar surface area (TPSA) is 101 Å². The lowest BCUT2D eigenvalue weighted by atomic mass is 10.2. The first kappa shape index (κ1) is 11.5. The van der Waals surface area contributed by atoms with Crippen LogP contribution in [0.5, 0.6) is 11.5 Å². The summed E-state index contributed by atoms with van der Waals surface area (Å²) in [5.41, 5.74) is -0.0303. The number of rotatable bonds is 3. The van der Waals surface area contributed by atoms with Gasteiger partial charge in [0.15, 0.2) is 11.5 Å². The second-order valence-electron chi connectivity index (χ2n) is 2.66. The van der Waals surface area contributed by atoms with E-state index in [1.807, 2.05) is 0 Å². The largest absolute Gasteiger partial charge is 0.503 e. The Morgan fingerprint density at radius 3 is 2.40 bits per heavy atom. The first-order valence-electron chi connectivity index (χ1n) is 3.74. The summed E-state index contributed by atoms with van der Waals surface area (Å²) in [7, 11) is -3.40. The quantitative estimate of drug-likeness (QED) is 0.580. The second-order valence-corrected chi connectivity index (χ2v) is 4.05. The summed E-state index contributed by atoms with van der Waals surface area (Å²) in [5.74, 6) is -0.933. The van der Waals surface area contributed by atoms with E-state index >= 15 is 0 Å². The molecule has 0 aromatic heterocycles. The van der Waals surface area contributed by atoms with E-state index in [9.17, 15) is 18.3 Å². The fraction of sp³-hybridized carbons (Fsp3) is 0.125. The molecule has 0 amide bonds. The van der Waals surface area contributed by atoms with Crippen molar-refractivity contribution in [1.82, 2.24) is 0 Å². The molecule has 0 radical (unpaired) electrons. The number of carbonyl (C=O) groups excluding carboxylic acids is 1. The van der Waals surface area contributed by atoms with Crippen molar-refractivity contribution < 1.29 is 27.6 Å². The number of phenols is 1. The van der Waals surface area contributed by atoms with Gasteiger partial charge in [0.2, 0.25) is 0 Å². The molecule has 0 aliphatic heterocycles. The average molecular weight is 232 g/mol. The van der Waals surface area contributed by atoms with Crippen LogP contribution in [-0.2, 0) is 10.1 Å². The zero-order valence-electron chi connectivity index (χ0n) is 7.67. The number of methoxy groups -OCH3 is 1. The van der Waals surface area contributed by atoms with Crippen LogP contribution in [0.4, 0.5) is 0 Å². The van der Waals surface area contributed by atoms with Crippen molar-refractivity contribution in [2.24, 2.45) is 0 Å². The van der Waals surface area contributed by atoms with Crippen LogP contribution < -0.4 is 4.74 Å². The van der Waals surface area contributed by atoms with Crippen molar-refractivity contribution in [3.05, 3.63) is 17.7 Å². The average Bonchev–Trinajstić information content (AvgIpc) is 2.16. The highest BCUT2D eigenvalue weighted by Crippen LogP contribution is 2.33. The van der Waals surface area contributed by atoms with E-state index in [4.69, 9.17) is 4.55 Å². The Hall–Kier alpha value is -1.60. The van der Waals surface area contributed by atoms with E-state index in [2.05, 4.69) is 4.74 Å². The predicted octanol–water partition coefficient (Wildman–Crippen LogP) is 0.460. The van der Waals surface area contributed by atoms with E-state index < -0.39 is 20.8 Å². The fourth-order valence-electron chi connectivity index (χ4n) is 1.02. The van der Waals surface area contributed by atoms with Crippen LogP contribution in [0.15, 0.2) is 17.0 Å². The third kappa shape index (κ3) is 2.25. The van der Waals surface area contributed by atoms with Gasteiger partial charge in [0, 0.05) is 5.56 Å². The molecule has 0 saturated carbocycles. The van der Waals surface area contributed by atoms with E-state index in [-0.39, 0.29) is 11.3 Å². The minimum absolute atomic E-state index is 0.0303. The number of phenolic OH excluding ortho intramolecular Hbond substituents is 1. The first-order valence-corrected chi connectivity index (χ1v) is 5.18. The molecule has 6 nitrogen and oxygen atoms in total. The molecule has 1 aromatic rings. The van der Waals surface area contributed by atoms with Gasteiger partial charge < -0.3 is 9.84 Å². The first-order chi connectivity index (χ1) is 6.90. The van der Waals surface area contributed by atoms with Crippen LogP contribution >= 0.6 is 0 Å². The van der Waals surface area contributed by atoms with E-state index in [0.717, 1.165) is 12.1 Å². The number of hydrogen-bond acceptors (Lipinski definition) is 5. The number of aldehydes is 1. The molecule has 0 bridgehead atoms. The molecule has 0 spiro atoms. The van der Waals surface area contributed by atoms with Gasteiger partial charge in [-0.25, -0.2) is 0 Å². The SMILES string of the molecule is COc1cc(C=O)cc(S(=O)(=O)O)c1O. The van der Waals surface area contributed by atoms with Crippen LogP contribution in [0.25, 0.3) is 0 Å². The van der Waals surface area contributed by atoms with Crippen molar-refractivity contribution >= 4 is 16.4 Å². The normalized spacial score (nSPS) is 11.1. The predicted molar refractivity (Wildman–Crippen MR) is 49.9 cm³/mol. The lowest BCUT2D eigenvalue weighted by molar-refractivity contribution is 0.112. The van der Waals surface area contributed by atoms with E-state index in [1.165, 1.54) is 7.11 Å². The van der Waals surface area contributed by atoms with Crippen molar-refractivity contribution in [2.45, 2.75) is 4.90 Å². The number of hydrogen-bond donors (Lipinski definition) is 2. The third-order valence-electron chi connectivity index (χ3n) is 1.70. The smallest absolute Gasteiger partial charge is 0.298 e. The molecule has 0 unspecified atom stereocenters. The maximum absolute atomic E-state index is 10.8. The van der Waals surface area contributed by atoms with E-state index in [1.54, 1.807) is 0 Å². The lowest BCUT2D eigenvalue weighted by Gasteiger charge is -2.07. The van der Waals surface area contributed by atoms with E-state index in [0.29, 0.717) is 6.29 Å². The Bertz CT molecular complexity index is 490. The summed E-state index contributed by atoms with van der Waals surface area (Å²) in [5, 5.41) is 9.36. The maximum Gasteiger partial charge on any atom is 0.298 e. The highest BCUT2D eigenvalue weighted by Gasteiger charge is 2.20. The molecule has 0 aliphatic carbocycles. The standard InChI is InChI=1S/C8H8O6S/c1-14-6-2-5(4-9)3-7(8(6)10)15(11,12)13/h2-4,10H,1H3,(H,11,12,13). The van der Waals surface area contributed by atoms with Gasteiger partial charge in [-0.2, -0.15) is 8.42 Å². The van der Waals surface area contributed by atoms with Gasteiger partial charge in [-0.05, 0) is 12.1 Å². The third-order valence-corrected chi connectivity index (χ3v) is 2.56. The Morgan fingerprint density at radius 2 is 2.00 bits per heavy atom. The van der Waals surface area contributed by atoms with Gasteiger partial charge in [0.1, 0.15) is 11.2 Å². The minimum Gasteiger partial charge on any atom is -0.503 e. The molecular weight excluding hydrogens is 224 g/mol. The molecule has 0 heterocycles. The Morgan fingerprint density at radius 1 is 1.40 bits per heavy atom. The van der Waals surface area contributed by atoms with Crippen LogP contribution in [0.2, 0.25) is 0 Å². The molecule has 82 valence electrons. The number of aromatic hydroxyl groups is 1. The number of ether oxygens (including phenoxy) is 1. The zero-order chi connectivity index (χ0) is 11.6.